The average molecular weight is 983 g/mol. The van der Waals surface area contributed by atoms with Gasteiger partial charge in [-0.1, -0.05) is 232 Å². The first kappa shape index (κ1) is 45.8. The molecule has 364 valence electrons. The summed E-state index contributed by atoms with van der Waals surface area (Å²) in [5.41, 5.74) is 21.1. The molecule has 0 heterocycles. The number of benzene rings is 13. The van der Waals surface area contributed by atoms with Crippen molar-refractivity contribution in [3.63, 3.8) is 0 Å². The summed E-state index contributed by atoms with van der Waals surface area (Å²) in [5, 5.41) is 7.49. The molecule has 77 heavy (non-hydrogen) atoms. The van der Waals surface area contributed by atoms with E-state index in [2.05, 4.69) is 315 Å². The summed E-state index contributed by atoms with van der Waals surface area (Å²) in [5.74, 6) is 0. The molecule has 0 radical (unpaired) electrons. The standard InChI is InChI=1S/C75H54N2/c1-75(2)70-47-58-45-61(76(59-31-17-7-18-32-59)71-48-56(51-23-9-3-10-24-51)38-42-63(71)53-27-13-5-14-28-53)40-37-55(58)46-69(70)73-66-36-22-21-35-65(66)68-50-62(41-44-67(68)74(73)75)77(60-33-19-8-20-34-60)72-49-57(52-25-11-4-12-26-52)39-43-64(72)54-29-15-6-16-30-54/h3-50H,1-2H3. The molecule has 0 saturated carbocycles. The van der Waals surface area contributed by atoms with Crippen molar-refractivity contribution in [2.24, 2.45) is 0 Å². The summed E-state index contributed by atoms with van der Waals surface area (Å²) >= 11 is 0. The zero-order chi connectivity index (χ0) is 51.5. The van der Waals surface area contributed by atoms with E-state index >= 15 is 0 Å². The van der Waals surface area contributed by atoms with Crippen molar-refractivity contribution in [1.29, 1.82) is 0 Å². The highest BCUT2D eigenvalue weighted by Gasteiger charge is 2.39. The lowest BCUT2D eigenvalue weighted by atomic mass is 9.79. The van der Waals surface area contributed by atoms with Crippen molar-refractivity contribution >= 4 is 66.4 Å². The average Bonchev–Trinajstić information content (AvgIpc) is 3.99. The Hall–Kier alpha value is -9.76. The largest absolute Gasteiger partial charge is 0.310 e. The summed E-state index contributed by atoms with van der Waals surface area (Å²) in [4.78, 5) is 4.90. The molecule has 0 saturated heterocycles. The smallest absolute Gasteiger partial charge is 0.0546 e. The first-order valence-corrected chi connectivity index (χ1v) is 26.7. The highest BCUT2D eigenvalue weighted by molar-refractivity contribution is 6.20. The Labute approximate surface area is 451 Å². The summed E-state index contributed by atoms with van der Waals surface area (Å²) < 4.78 is 0. The fourth-order valence-electron chi connectivity index (χ4n) is 12.3. The molecule has 2 nitrogen and oxygen atoms in total. The maximum Gasteiger partial charge on any atom is 0.0546 e. The van der Waals surface area contributed by atoms with Gasteiger partial charge in [0.1, 0.15) is 0 Å². The van der Waals surface area contributed by atoms with Crippen molar-refractivity contribution in [2.75, 3.05) is 9.80 Å². The maximum atomic E-state index is 2.49. The molecular formula is C75H54N2. The molecule has 0 fully saturated rings. The van der Waals surface area contributed by atoms with E-state index in [-0.39, 0.29) is 5.41 Å². The Balaban J connectivity index is 0.941. The number of hydrogen-bond donors (Lipinski definition) is 0. The minimum atomic E-state index is -0.314. The lowest BCUT2D eigenvalue weighted by Gasteiger charge is -2.30. The van der Waals surface area contributed by atoms with Gasteiger partial charge in [0.2, 0.25) is 0 Å². The molecule has 13 aromatic carbocycles. The number of fused-ring (bicyclic) bond motifs is 9. The zero-order valence-corrected chi connectivity index (χ0v) is 43.1. The minimum absolute atomic E-state index is 0.314. The second kappa shape index (κ2) is 18.9. The normalized spacial score (nSPS) is 12.4. The first-order chi connectivity index (χ1) is 38.0. The van der Waals surface area contributed by atoms with E-state index in [0.29, 0.717) is 0 Å². The topological polar surface area (TPSA) is 6.48 Å². The van der Waals surface area contributed by atoms with Crippen molar-refractivity contribution in [2.45, 2.75) is 19.3 Å². The van der Waals surface area contributed by atoms with E-state index in [1.807, 2.05) is 0 Å². The van der Waals surface area contributed by atoms with E-state index in [4.69, 9.17) is 0 Å². The van der Waals surface area contributed by atoms with Gasteiger partial charge in [0, 0.05) is 39.3 Å². The molecule has 0 aliphatic heterocycles. The Bertz CT molecular complexity index is 4320. The van der Waals surface area contributed by atoms with Crippen molar-refractivity contribution < 1.29 is 0 Å². The lowest BCUT2D eigenvalue weighted by Crippen LogP contribution is -2.16. The van der Waals surface area contributed by atoms with Crippen LogP contribution in [0, 0.1) is 0 Å². The summed E-state index contributed by atoms with van der Waals surface area (Å²) in [7, 11) is 0. The van der Waals surface area contributed by atoms with Gasteiger partial charge in [-0.2, -0.15) is 0 Å². The van der Waals surface area contributed by atoms with Crippen LogP contribution in [0.4, 0.5) is 34.1 Å². The molecule has 2 heteroatoms. The summed E-state index contributed by atoms with van der Waals surface area (Å²) in [6, 6.07) is 107. The molecule has 14 rings (SSSR count). The predicted octanol–water partition coefficient (Wildman–Crippen LogP) is 21.1. The number of hydrogen-bond acceptors (Lipinski definition) is 2. The molecule has 0 N–H and O–H groups in total. The van der Waals surface area contributed by atoms with Crippen LogP contribution in [0.5, 0.6) is 0 Å². The Morgan fingerprint density at radius 3 is 1.22 bits per heavy atom. The number of nitrogens with zero attached hydrogens (tertiary/aromatic N) is 2. The lowest BCUT2D eigenvalue weighted by molar-refractivity contribution is 0.667. The molecule has 1 aliphatic carbocycles. The third-order valence-corrected chi connectivity index (χ3v) is 15.9. The van der Waals surface area contributed by atoms with Crippen LogP contribution in [0.15, 0.2) is 291 Å². The van der Waals surface area contributed by atoms with Gasteiger partial charge in [-0.25, -0.2) is 0 Å². The minimum Gasteiger partial charge on any atom is -0.310 e. The summed E-state index contributed by atoms with van der Waals surface area (Å²) in [6.07, 6.45) is 0. The van der Waals surface area contributed by atoms with E-state index in [1.54, 1.807) is 0 Å². The van der Waals surface area contributed by atoms with Crippen LogP contribution in [-0.4, -0.2) is 0 Å². The van der Waals surface area contributed by atoms with Crippen molar-refractivity contribution in [3.8, 4) is 55.6 Å². The fraction of sp³-hybridized carbons (Fsp3) is 0.0400. The van der Waals surface area contributed by atoms with Gasteiger partial charge in [-0.05, 0) is 161 Å². The van der Waals surface area contributed by atoms with Crippen LogP contribution < -0.4 is 9.80 Å². The quantitative estimate of drug-likeness (QED) is 0.126. The molecule has 0 spiro atoms. The van der Waals surface area contributed by atoms with Crippen LogP contribution in [0.25, 0.3) is 88.0 Å². The molecule has 0 bridgehead atoms. The molecule has 0 atom stereocenters. The van der Waals surface area contributed by atoms with E-state index < -0.39 is 0 Å². The van der Waals surface area contributed by atoms with Gasteiger partial charge < -0.3 is 9.80 Å². The molecule has 13 aromatic rings. The van der Waals surface area contributed by atoms with Gasteiger partial charge in [0.25, 0.3) is 0 Å². The van der Waals surface area contributed by atoms with Gasteiger partial charge in [0.15, 0.2) is 0 Å². The highest BCUT2D eigenvalue weighted by Crippen LogP contribution is 2.57. The molecular weight excluding hydrogens is 929 g/mol. The third-order valence-electron chi connectivity index (χ3n) is 15.9. The third kappa shape index (κ3) is 7.97. The van der Waals surface area contributed by atoms with Gasteiger partial charge in [0.05, 0.1) is 11.4 Å². The number of rotatable bonds is 10. The second-order valence-corrected chi connectivity index (χ2v) is 20.8. The van der Waals surface area contributed by atoms with Crippen LogP contribution >= 0.6 is 0 Å². The second-order valence-electron chi connectivity index (χ2n) is 20.8. The van der Waals surface area contributed by atoms with E-state index in [1.165, 1.54) is 99.1 Å². The zero-order valence-electron chi connectivity index (χ0n) is 43.1. The molecule has 0 unspecified atom stereocenters. The van der Waals surface area contributed by atoms with Crippen LogP contribution in [0.1, 0.15) is 25.0 Å². The van der Waals surface area contributed by atoms with E-state index in [9.17, 15) is 0 Å². The Morgan fingerprint density at radius 1 is 0.260 bits per heavy atom. The van der Waals surface area contributed by atoms with Crippen molar-refractivity contribution in [3.05, 3.63) is 302 Å². The first-order valence-electron chi connectivity index (χ1n) is 26.7. The van der Waals surface area contributed by atoms with Crippen LogP contribution in [0.3, 0.4) is 0 Å². The Morgan fingerprint density at radius 2 is 0.701 bits per heavy atom. The monoisotopic (exact) mass is 982 g/mol. The van der Waals surface area contributed by atoms with Gasteiger partial charge in [-0.3, -0.25) is 0 Å². The highest BCUT2D eigenvalue weighted by atomic mass is 15.2. The predicted molar refractivity (Wildman–Crippen MR) is 328 cm³/mol. The molecule has 1 aliphatic rings. The SMILES string of the molecule is CC1(C)c2cc3cc(N(c4ccccc4)c4cc(-c5ccccc5)ccc4-c4ccccc4)ccc3cc2-c2c1c1ccc(N(c3ccccc3)c3cc(-c4ccccc4)ccc3-c3ccccc3)cc1c1ccccc21. The van der Waals surface area contributed by atoms with E-state index in [0.717, 1.165) is 34.1 Å². The molecule has 0 aromatic heterocycles. The maximum absolute atomic E-state index is 2.49. The van der Waals surface area contributed by atoms with Crippen molar-refractivity contribution in [1.82, 2.24) is 0 Å². The number of para-hydroxylation sites is 2. The van der Waals surface area contributed by atoms with Crippen LogP contribution in [-0.2, 0) is 5.41 Å². The fourth-order valence-corrected chi connectivity index (χ4v) is 12.3. The van der Waals surface area contributed by atoms with Crippen LogP contribution in [0.2, 0.25) is 0 Å². The molecule has 0 amide bonds. The summed E-state index contributed by atoms with van der Waals surface area (Å²) in [6.45, 7) is 4.87. The van der Waals surface area contributed by atoms with Gasteiger partial charge >= 0.3 is 0 Å². The Kier molecular flexibility index (Phi) is 11.2. The van der Waals surface area contributed by atoms with Gasteiger partial charge in [-0.15, -0.1) is 0 Å². The number of anilines is 6.